The van der Waals surface area contributed by atoms with Crippen molar-refractivity contribution in [2.75, 3.05) is 18.5 Å². The molecule has 2 heterocycles. The summed E-state index contributed by atoms with van der Waals surface area (Å²) in [4.78, 5) is 8.85. The minimum Gasteiger partial charge on any atom is -0.381 e. The molecule has 21 heavy (non-hydrogen) atoms. The molecular formula is C15H19N5O. The Morgan fingerprint density at radius 1 is 1.24 bits per heavy atom. The van der Waals surface area contributed by atoms with Crippen LogP contribution in [0.2, 0.25) is 0 Å². The lowest BCUT2D eigenvalue weighted by Gasteiger charge is -2.24. The third-order valence-electron chi connectivity index (χ3n) is 3.60. The Morgan fingerprint density at radius 3 is 2.81 bits per heavy atom. The highest BCUT2D eigenvalue weighted by atomic mass is 16.5. The molecule has 3 N–H and O–H groups in total. The molecule has 0 atom stereocenters. The molecule has 1 aromatic heterocycles. The number of ether oxygens (including phenoxy) is 1. The number of hydrogen-bond donors (Lipinski definition) is 3. The molecule has 0 saturated carbocycles. The number of benzene rings is 1. The number of guanidine groups is 1. The maximum Gasteiger partial charge on any atom is 0.230 e. The Kier molecular flexibility index (Phi) is 3.96. The van der Waals surface area contributed by atoms with E-state index in [1.807, 2.05) is 31.2 Å². The maximum absolute atomic E-state index is 8.00. The van der Waals surface area contributed by atoms with E-state index in [0.29, 0.717) is 5.95 Å². The van der Waals surface area contributed by atoms with Crippen molar-refractivity contribution in [1.29, 1.82) is 5.41 Å². The Morgan fingerprint density at radius 2 is 2.00 bits per heavy atom. The summed E-state index contributed by atoms with van der Waals surface area (Å²) in [6, 6.07) is 8.15. The first-order valence-corrected chi connectivity index (χ1v) is 7.15. The van der Waals surface area contributed by atoms with Crippen LogP contribution in [0, 0.1) is 12.3 Å². The summed E-state index contributed by atoms with van der Waals surface area (Å²) in [7, 11) is 0. The summed E-state index contributed by atoms with van der Waals surface area (Å²) in [6.45, 7) is 3.44. The van der Waals surface area contributed by atoms with Gasteiger partial charge >= 0.3 is 0 Å². The van der Waals surface area contributed by atoms with Crippen LogP contribution in [0.4, 0.5) is 5.95 Å². The van der Waals surface area contributed by atoms with Gasteiger partial charge in [-0.3, -0.25) is 10.7 Å². The molecule has 1 saturated heterocycles. The van der Waals surface area contributed by atoms with E-state index in [1.54, 1.807) is 0 Å². The molecule has 0 spiro atoms. The van der Waals surface area contributed by atoms with Crippen LogP contribution < -0.4 is 10.6 Å². The molecule has 110 valence electrons. The fourth-order valence-corrected chi connectivity index (χ4v) is 2.49. The minimum absolute atomic E-state index is 0.233. The van der Waals surface area contributed by atoms with Crippen LogP contribution in [0.1, 0.15) is 18.5 Å². The van der Waals surface area contributed by atoms with Crippen LogP contribution in [0.3, 0.4) is 0 Å². The molecule has 1 aromatic carbocycles. The van der Waals surface area contributed by atoms with Crippen molar-refractivity contribution in [3.63, 3.8) is 0 Å². The fraction of sp³-hybridized carbons (Fsp3) is 0.400. The Bertz CT molecular complexity index is 652. The fourth-order valence-electron chi connectivity index (χ4n) is 2.49. The minimum atomic E-state index is 0.233. The zero-order valence-electron chi connectivity index (χ0n) is 12.0. The first-order valence-electron chi connectivity index (χ1n) is 7.15. The second kappa shape index (κ2) is 6.05. The van der Waals surface area contributed by atoms with Gasteiger partial charge in [0.1, 0.15) is 0 Å². The number of para-hydroxylation sites is 1. The van der Waals surface area contributed by atoms with Crippen LogP contribution in [-0.4, -0.2) is 35.2 Å². The maximum atomic E-state index is 8.00. The molecule has 0 aliphatic carbocycles. The van der Waals surface area contributed by atoms with Crippen molar-refractivity contribution in [1.82, 2.24) is 15.3 Å². The van der Waals surface area contributed by atoms with Gasteiger partial charge in [-0.15, -0.1) is 0 Å². The summed E-state index contributed by atoms with van der Waals surface area (Å²) in [6.07, 6.45) is 1.84. The third-order valence-corrected chi connectivity index (χ3v) is 3.60. The van der Waals surface area contributed by atoms with Gasteiger partial charge in [0.25, 0.3) is 0 Å². The standard InChI is InChI=1S/C15H19N5O/c1-10-12-4-2-3-5-13(12)19-15(17-10)20-14(16)18-11-6-8-21-9-7-11/h2-5,11H,6-9H2,1H3,(H3,16,17,18,19,20). The normalized spacial score (nSPS) is 15.9. The summed E-state index contributed by atoms with van der Waals surface area (Å²) < 4.78 is 5.31. The summed E-state index contributed by atoms with van der Waals surface area (Å²) in [5.74, 6) is 0.687. The van der Waals surface area contributed by atoms with Crippen LogP contribution in [-0.2, 0) is 4.74 Å². The smallest absolute Gasteiger partial charge is 0.230 e. The summed E-state index contributed by atoms with van der Waals surface area (Å²) in [5.41, 5.74) is 1.79. The molecule has 0 bridgehead atoms. The van der Waals surface area contributed by atoms with E-state index in [0.717, 1.165) is 42.7 Å². The van der Waals surface area contributed by atoms with Gasteiger partial charge in [0, 0.05) is 24.6 Å². The van der Waals surface area contributed by atoms with Crippen molar-refractivity contribution >= 4 is 22.8 Å². The lowest BCUT2D eigenvalue weighted by atomic mass is 10.1. The quantitative estimate of drug-likeness (QED) is 0.581. The average Bonchev–Trinajstić information content (AvgIpc) is 2.48. The molecule has 1 fully saturated rings. The zero-order chi connectivity index (χ0) is 14.7. The molecular weight excluding hydrogens is 266 g/mol. The van der Waals surface area contributed by atoms with E-state index in [9.17, 15) is 0 Å². The number of anilines is 1. The number of aromatic nitrogens is 2. The number of nitrogens with zero attached hydrogens (tertiary/aromatic N) is 2. The van der Waals surface area contributed by atoms with E-state index in [1.165, 1.54) is 0 Å². The van der Waals surface area contributed by atoms with E-state index in [4.69, 9.17) is 10.1 Å². The highest BCUT2D eigenvalue weighted by molar-refractivity contribution is 5.91. The molecule has 1 aliphatic heterocycles. The zero-order valence-corrected chi connectivity index (χ0v) is 12.0. The molecule has 2 aromatic rings. The SMILES string of the molecule is Cc1nc(NC(=N)NC2CCOCC2)nc2ccccc12. The first kappa shape index (κ1) is 13.8. The van der Waals surface area contributed by atoms with Crippen molar-refractivity contribution in [3.05, 3.63) is 30.0 Å². The number of aryl methyl sites for hydroxylation is 1. The van der Waals surface area contributed by atoms with Crippen LogP contribution >= 0.6 is 0 Å². The molecule has 0 amide bonds. The highest BCUT2D eigenvalue weighted by Crippen LogP contribution is 2.16. The number of fused-ring (bicyclic) bond motifs is 1. The largest absolute Gasteiger partial charge is 0.381 e. The van der Waals surface area contributed by atoms with Crippen molar-refractivity contribution in [2.45, 2.75) is 25.8 Å². The van der Waals surface area contributed by atoms with Crippen molar-refractivity contribution in [3.8, 4) is 0 Å². The van der Waals surface area contributed by atoms with E-state index in [-0.39, 0.29) is 12.0 Å². The Hall–Kier alpha value is -2.21. The van der Waals surface area contributed by atoms with E-state index in [2.05, 4.69) is 20.6 Å². The topological polar surface area (TPSA) is 82.9 Å². The van der Waals surface area contributed by atoms with Gasteiger partial charge in [-0.2, -0.15) is 0 Å². The number of hydrogen-bond acceptors (Lipinski definition) is 4. The summed E-state index contributed by atoms with van der Waals surface area (Å²) >= 11 is 0. The van der Waals surface area contributed by atoms with Gasteiger partial charge < -0.3 is 10.1 Å². The molecule has 3 rings (SSSR count). The lowest BCUT2D eigenvalue weighted by molar-refractivity contribution is 0.0824. The predicted molar refractivity (Wildman–Crippen MR) is 82.6 cm³/mol. The number of nitrogens with one attached hydrogen (secondary N) is 3. The van der Waals surface area contributed by atoms with Crippen molar-refractivity contribution < 1.29 is 4.74 Å². The first-order chi connectivity index (χ1) is 10.2. The van der Waals surface area contributed by atoms with Gasteiger partial charge in [-0.1, -0.05) is 18.2 Å². The Balaban J connectivity index is 1.70. The number of rotatable bonds is 2. The van der Waals surface area contributed by atoms with Crippen LogP contribution in [0.15, 0.2) is 24.3 Å². The summed E-state index contributed by atoms with van der Waals surface area (Å²) in [5, 5.41) is 15.1. The van der Waals surface area contributed by atoms with Crippen molar-refractivity contribution in [2.24, 2.45) is 0 Å². The lowest BCUT2D eigenvalue weighted by Crippen LogP contribution is -2.42. The highest BCUT2D eigenvalue weighted by Gasteiger charge is 2.15. The second-order valence-electron chi connectivity index (χ2n) is 5.18. The molecule has 0 radical (unpaired) electrons. The van der Waals surface area contributed by atoms with Gasteiger partial charge in [-0.05, 0) is 25.8 Å². The van der Waals surface area contributed by atoms with Crippen LogP contribution in [0.25, 0.3) is 10.9 Å². The average molecular weight is 285 g/mol. The third kappa shape index (κ3) is 3.28. The Labute approximate surface area is 123 Å². The molecule has 6 nitrogen and oxygen atoms in total. The van der Waals surface area contributed by atoms with Gasteiger partial charge in [-0.25, -0.2) is 9.97 Å². The van der Waals surface area contributed by atoms with Crippen LogP contribution in [0.5, 0.6) is 0 Å². The van der Waals surface area contributed by atoms with Gasteiger partial charge in [0.2, 0.25) is 5.95 Å². The molecule has 6 heteroatoms. The van der Waals surface area contributed by atoms with E-state index < -0.39 is 0 Å². The predicted octanol–water partition coefficient (Wildman–Crippen LogP) is 2.05. The monoisotopic (exact) mass is 285 g/mol. The van der Waals surface area contributed by atoms with Gasteiger partial charge in [0.15, 0.2) is 5.96 Å². The van der Waals surface area contributed by atoms with E-state index >= 15 is 0 Å². The second-order valence-corrected chi connectivity index (χ2v) is 5.18. The molecule has 0 unspecified atom stereocenters. The van der Waals surface area contributed by atoms with Gasteiger partial charge in [0.05, 0.1) is 11.2 Å². The molecule has 1 aliphatic rings.